The summed E-state index contributed by atoms with van der Waals surface area (Å²) in [6.07, 6.45) is 3.65. The molecule has 0 radical (unpaired) electrons. The van der Waals surface area contributed by atoms with E-state index < -0.39 is 20.5 Å². The summed E-state index contributed by atoms with van der Waals surface area (Å²) < 4.78 is 36.6. The average Bonchev–Trinajstić information content (AvgIpc) is 2.85. The molecule has 0 bridgehead atoms. The zero-order chi connectivity index (χ0) is 23.5. The SMILES string of the molecule is COc1ccc(Oc2ccc(S(=O)(=O)C3(C(=O)NO)CCC4(CCCNC4)CC3)cc2)cc1. The van der Waals surface area contributed by atoms with E-state index in [0.29, 0.717) is 30.1 Å². The standard InChI is InChI=1S/C24H30N2O6S/c1-31-18-3-5-19(6-4-18)32-20-7-9-21(10-8-20)33(29,30)24(22(27)26-28)14-12-23(13-15-24)11-2-16-25-17-23/h3-10,25,28H,2,11-17H2,1H3,(H,26,27). The lowest BCUT2D eigenvalue weighted by atomic mass is 9.66. The van der Waals surface area contributed by atoms with Crippen LogP contribution in [-0.2, 0) is 14.6 Å². The Bertz CT molecular complexity index is 1070. The Morgan fingerprint density at radius 1 is 0.939 bits per heavy atom. The van der Waals surface area contributed by atoms with Crippen molar-refractivity contribution in [2.75, 3.05) is 20.2 Å². The first-order chi connectivity index (χ1) is 15.8. The minimum atomic E-state index is -4.05. The van der Waals surface area contributed by atoms with Crippen molar-refractivity contribution in [3.05, 3.63) is 48.5 Å². The Morgan fingerprint density at radius 2 is 1.52 bits per heavy atom. The fourth-order valence-electron chi connectivity index (χ4n) is 5.05. The quantitative estimate of drug-likeness (QED) is 0.434. The van der Waals surface area contributed by atoms with Gasteiger partial charge in [-0.05, 0) is 99.0 Å². The van der Waals surface area contributed by atoms with Gasteiger partial charge < -0.3 is 14.8 Å². The molecular formula is C24H30N2O6S. The van der Waals surface area contributed by atoms with Crippen LogP contribution in [0, 0.1) is 5.41 Å². The lowest BCUT2D eigenvalue weighted by Crippen LogP contribution is -2.56. The molecule has 33 heavy (non-hydrogen) atoms. The summed E-state index contributed by atoms with van der Waals surface area (Å²) >= 11 is 0. The van der Waals surface area contributed by atoms with E-state index in [-0.39, 0.29) is 23.2 Å². The van der Waals surface area contributed by atoms with Gasteiger partial charge in [-0.15, -0.1) is 0 Å². The fourth-order valence-corrected chi connectivity index (χ4v) is 7.03. The van der Waals surface area contributed by atoms with Crippen LogP contribution in [0.4, 0.5) is 0 Å². The summed E-state index contributed by atoms with van der Waals surface area (Å²) in [5.74, 6) is 0.894. The van der Waals surface area contributed by atoms with Crippen LogP contribution in [0.5, 0.6) is 17.2 Å². The number of carbonyl (C=O) groups is 1. The molecule has 1 saturated heterocycles. The highest BCUT2D eigenvalue weighted by Gasteiger charge is 2.55. The molecule has 0 atom stereocenters. The van der Waals surface area contributed by atoms with Crippen molar-refractivity contribution in [1.29, 1.82) is 0 Å². The van der Waals surface area contributed by atoms with Gasteiger partial charge in [-0.3, -0.25) is 10.0 Å². The van der Waals surface area contributed by atoms with E-state index in [1.165, 1.54) is 12.1 Å². The predicted molar refractivity (Wildman–Crippen MR) is 122 cm³/mol. The average molecular weight is 475 g/mol. The van der Waals surface area contributed by atoms with Crippen LogP contribution < -0.4 is 20.3 Å². The van der Waals surface area contributed by atoms with Crippen LogP contribution in [0.2, 0.25) is 0 Å². The molecular weight excluding hydrogens is 444 g/mol. The molecule has 0 unspecified atom stereocenters. The van der Waals surface area contributed by atoms with Crippen molar-refractivity contribution in [2.24, 2.45) is 5.41 Å². The summed E-state index contributed by atoms with van der Waals surface area (Å²) in [5.41, 5.74) is 1.64. The molecule has 1 amide bonds. The predicted octanol–water partition coefficient (Wildman–Crippen LogP) is 3.45. The third-order valence-electron chi connectivity index (χ3n) is 7.14. The van der Waals surface area contributed by atoms with Gasteiger partial charge >= 0.3 is 0 Å². The highest BCUT2D eigenvalue weighted by Crippen LogP contribution is 2.49. The van der Waals surface area contributed by atoms with Crippen molar-refractivity contribution in [3.63, 3.8) is 0 Å². The van der Waals surface area contributed by atoms with Crippen molar-refractivity contribution in [2.45, 2.75) is 48.2 Å². The van der Waals surface area contributed by atoms with E-state index in [1.54, 1.807) is 49.0 Å². The number of piperidine rings is 1. The molecule has 9 heteroatoms. The van der Waals surface area contributed by atoms with Gasteiger partial charge in [0.1, 0.15) is 17.2 Å². The van der Waals surface area contributed by atoms with Gasteiger partial charge in [-0.25, -0.2) is 13.9 Å². The number of hydroxylamine groups is 1. The number of nitrogens with one attached hydrogen (secondary N) is 2. The first-order valence-corrected chi connectivity index (χ1v) is 12.6. The molecule has 1 aliphatic heterocycles. The smallest absolute Gasteiger partial charge is 0.265 e. The Balaban J connectivity index is 1.56. The molecule has 1 heterocycles. The molecule has 3 N–H and O–H groups in total. The number of methoxy groups -OCH3 is 1. The summed E-state index contributed by atoms with van der Waals surface area (Å²) in [6.45, 7) is 1.80. The second-order valence-corrected chi connectivity index (χ2v) is 11.2. The Morgan fingerprint density at radius 3 is 2.03 bits per heavy atom. The van der Waals surface area contributed by atoms with Gasteiger partial charge in [-0.2, -0.15) is 0 Å². The number of amides is 1. The maximum absolute atomic E-state index is 13.7. The van der Waals surface area contributed by atoms with Gasteiger partial charge in [0, 0.05) is 6.54 Å². The molecule has 0 aromatic heterocycles. The summed E-state index contributed by atoms with van der Waals surface area (Å²) in [4.78, 5) is 12.8. The van der Waals surface area contributed by atoms with Crippen LogP contribution >= 0.6 is 0 Å². The first-order valence-electron chi connectivity index (χ1n) is 11.2. The normalized spacial score (nSPS) is 25.4. The van der Waals surface area contributed by atoms with Crippen LogP contribution in [0.3, 0.4) is 0 Å². The maximum Gasteiger partial charge on any atom is 0.265 e. The minimum absolute atomic E-state index is 0.0169. The zero-order valence-corrected chi connectivity index (χ0v) is 19.5. The molecule has 2 fully saturated rings. The number of ether oxygens (including phenoxy) is 2. The van der Waals surface area contributed by atoms with E-state index in [1.807, 2.05) is 0 Å². The van der Waals surface area contributed by atoms with Crippen LogP contribution in [0.1, 0.15) is 38.5 Å². The van der Waals surface area contributed by atoms with Crippen molar-refractivity contribution < 1.29 is 27.9 Å². The van der Waals surface area contributed by atoms with E-state index in [4.69, 9.17) is 9.47 Å². The van der Waals surface area contributed by atoms with Crippen molar-refractivity contribution >= 4 is 15.7 Å². The molecule has 2 aromatic carbocycles. The topological polar surface area (TPSA) is 114 Å². The Hall–Kier alpha value is -2.62. The highest BCUT2D eigenvalue weighted by atomic mass is 32.2. The van der Waals surface area contributed by atoms with E-state index in [0.717, 1.165) is 25.9 Å². The number of hydrogen-bond donors (Lipinski definition) is 3. The molecule has 1 aliphatic carbocycles. The first kappa shape index (κ1) is 23.5. The van der Waals surface area contributed by atoms with Gasteiger partial charge in [0.25, 0.3) is 5.91 Å². The molecule has 178 valence electrons. The lowest BCUT2D eigenvalue weighted by molar-refractivity contribution is -0.133. The zero-order valence-electron chi connectivity index (χ0n) is 18.7. The monoisotopic (exact) mass is 474 g/mol. The summed E-state index contributed by atoms with van der Waals surface area (Å²) in [6, 6.07) is 13.1. The van der Waals surface area contributed by atoms with E-state index in [9.17, 15) is 18.4 Å². The van der Waals surface area contributed by atoms with Gasteiger partial charge in [0.15, 0.2) is 14.6 Å². The second kappa shape index (κ2) is 9.32. The second-order valence-electron chi connectivity index (χ2n) is 8.97. The van der Waals surface area contributed by atoms with Gasteiger partial charge in [0.05, 0.1) is 12.0 Å². The number of benzene rings is 2. The maximum atomic E-state index is 13.7. The molecule has 4 rings (SSSR count). The van der Waals surface area contributed by atoms with Crippen LogP contribution in [-0.4, -0.2) is 44.5 Å². The van der Waals surface area contributed by atoms with Gasteiger partial charge in [-0.1, -0.05) is 0 Å². The third kappa shape index (κ3) is 4.45. The fraction of sp³-hybridized carbons (Fsp3) is 0.458. The molecule has 2 aromatic rings. The summed E-state index contributed by atoms with van der Waals surface area (Å²) in [7, 11) is -2.47. The van der Waals surface area contributed by atoms with E-state index >= 15 is 0 Å². The van der Waals surface area contributed by atoms with Crippen molar-refractivity contribution in [1.82, 2.24) is 10.8 Å². The van der Waals surface area contributed by atoms with Crippen molar-refractivity contribution in [3.8, 4) is 17.2 Å². The van der Waals surface area contributed by atoms with Crippen LogP contribution in [0.15, 0.2) is 53.4 Å². The Kier molecular flexibility index (Phi) is 6.65. The molecule has 2 aliphatic rings. The number of carbonyl (C=O) groups excluding carboxylic acids is 1. The lowest BCUT2D eigenvalue weighted by Gasteiger charge is -2.46. The molecule has 1 spiro atoms. The molecule has 1 saturated carbocycles. The van der Waals surface area contributed by atoms with E-state index in [2.05, 4.69) is 5.32 Å². The minimum Gasteiger partial charge on any atom is -0.497 e. The highest BCUT2D eigenvalue weighted by molar-refractivity contribution is 7.93. The number of hydrogen-bond acceptors (Lipinski definition) is 7. The van der Waals surface area contributed by atoms with Crippen LogP contribution in [0.25, 0.3) is 0 Å². The largest absolute Gasteiger partial charge is 0.497 e. The summed E-state index contributed by atoms with van der Waals surface area (Å²) in [5, 5.41) is 12.8. The number of rotatable bonds is 6. The Labute approximate surface area is 194 Å². The van der Waals surface area contributed by atoms with Gasteiger partial charge in [0.2, 0.25) is 0 Å². The third-order valence-corrected chi connectivity index (χ3v) is 9.65. The number of sulfone groups is 1. The molecule has 8 nitrogen and oxygen atoms in total.